The summed E-state index contributed by atoms with van der Waals surface area (Å²) in [4.78, 5) is 2.33. The molecule has 0 amide bonds. The lowest BCUT2D eigenvalue weighted by Gasteiger charge is -2.26. The van der Waals surface area contributed by atoms with Crippen molar-refractivity contribution in [3.05, 3.63) is 237 Å². The van der Waals surface area contributed by atoms with Gasteiger partial charge in [0.15, 0.2) is 0 Å². The maximum Gasteiger partial charge on any atom is 0.143 e. The van der Waals surface area contributed by atoms with Crippen molar-refractivity contribution in [2.45, 2.75) is 0 Å². The lowest BCUT2D eigenvalue weighted by Crippen LogP contribution is -2.09. The molecule has 0 bridgehead atoms. The molecule has 0 N–H and O–H groups in total. The van der Waals surface area contributed by atoms with Gasteiger partial charge in [-0.2, -0.15) is 0 Å². The number of fused-ring (bicyclic) bond motifs is 4. The third-order valence-corrected chi connectivity index (χ3v) is 11.7. The molecule has 0 fully saturated rings. The first-order valence-corrected chi connectivity index (χ1v) is 20.5. The Bertz CT molecular complexity index is 3250. The lowest BCUT2D eigenvalue weighted by atomic mass is 9.96. The summed E-state index contributed by atoms with van der Waals surface area (Å²) >= 11 is 0. The van der Waals surface area contributed by atoms with Gasteiger partial charge in [-0.25, -0.2) is 0 Å². The minimum atomic E-state index is 0.905. The van der Waals surface area contributed by atoms with Crippen LogP contribution in [0, 0.1) is 0 Å². The van der Waals surface area contributed by atoms with Crippen molar-refractivity contribution in [2.24, 2.45) is 0 Å². The van der Waals surface area contributed by atoms with E-state index < -0.39 is 0 Å². The molecule has 0 unspecified atom stereocenters. The van der Waals surface area contributed by atoms with Crippen LogP contribution in [0.4, 0.5) is 17.1 Å². The van der Waals surface area contributed by atoms with Crippen LogP contribution >= 0.6 is 0 Å². The molecule has 0 aliphatic carbocycles. The van der Waals surface area contributed by atoms with Crippen LogP contribution in [0.2, 0.25) is 0 Å². The van der Waals surface area contributed by atoms with Gasteiger partial charge in [0.25, 0.3) is 0 Å². The summed E-state index contributed by atoms with van der Waals surface area (Å²) in [6.45, 7) is 0. The summed E-state index contributed by atoms with van der Waals surface area (Å²) in [5.74, 6) is 0. The first kappa shape index (κ1) is 35.2. The Morgan fingerprint density at radius 1 is 0.250 bits per heavy atom. The molecule has 0 aliphatic heterocycles. The van der Waals surface area contributed by atoms with Crippen LogP contribution in [0.25, 0.3) is 88.3 Å². The van der Waals surface area contributed by atoms with Gasteiger partial charge in [-0.1, -0.05) is 194 Å². The number of rotatable bonds is 8. The Kier molecular flexibility index (Phi) is 8.87. The van der Waals surface area contributed by atoms with Gasteiger partial charge in [0, 0.05) is 33.4 Å². The van der Waals surface area contributed by atoms with Crippen LogP contribution in [0.15, 0.2) is 241 Å². The monoisotopic (exact) mass is 765 g/mol. The van der Waals surface area contributed by atoms with Gasteiger partial charge in [0.1, 0.15) is 11.2 Å². The van der Waals surface area contributed by atoms with E-state index in [9.17, 15) is 0 Å². The minimum Gasteiger partial charge on any atom is -0.455 e. The highest BCUT2D eigenvalue weighted by molar-refractivity contribution is 6.09. The molecular weight excluding hydrogens is 727 g/mol. The number of benzene rings is 10. The maximum atomic E-state index is 6.41. The largest absolute Gasteiger partial charge is 0.455 e. The van der Waals surface area contributed by atoms with Gasteiger partial charge in [-0.05, 0) is 103 Å². The van der Waals surface area contributed by atoms with Crippen molar-refractivity contribution in [1.82, 2.24) is 0 Å². The first-order valence-electron chi connectivity index (χ1n) is 20.5. The minimum absolute atomic E-state index is 0.905. The zero-order chi connectivity index (χ0) is 39.8. The van der Waals surface area contributed by atoms with Gasteiger partial charge in [0.05, 0.1) is 0 Å². The fourth-order valence-corrected chi connectivity index (χ4v) is 8.62. The number of hydrogen-bond donors (Lipinski definition) is 0. The number of furan rings is 1. The predicted molar refractivity (Wildman–Crippen MR) is 253 cm³/mol. The quantitative estimate of drug-likeness (QED) is 0.153. The summed E-state index contributed by atoms with van der Waals surface area (Å²) in [5.41, 5.74) is 16.9. The zero-order valence-electron chi connectivity index (χ0n) is 32.9. The summed E-state index contributed by atoms with van der Waals surface area (Å²) in [7, 11) is 0. The van der Waals surface area contributed by atoms with E-state index in [2.05, 4.69) is 229 Å². The van der Waals surface area contributed by atoms with Crippen LogP contribution in [0.5, 0.6) is 0 Å². The average molecular weight is 766 g/mol. The molecular formula is C58H39NO. The van der Waals surface area contributed by atoms with E-state index in [1.54, 1.807) is 0 Å². The summed E-state index contributed by atoms with van der Waals surface area (Å²) < 4.78 is 6.41. The molecule has 2 heteroatoms. The van der Waals surface area contributed by atoms with Gasteiger partial charge in [-0.3, -0.25) is 0 Å². The highest BCUT2D eigenvalue weighted by Gasteiger charge is 2.16. The predicted octanol–water partition coefficient (Wildman–Crippen LogP) is 16.5. The molecule has 0 saturated heterocycles. The molecule has 1 aromatic heterocycles. The second-order valence-corrected chi connectivity index (χ2v) is 15.3. The smallest absolute Gasteiger partial charge is 0.143 e. The van der Waals surface area contributed by atoms with Gasteiger partial charge in [0.2, 0.25) is 0 Å². The standard InChI is InChI=1S/C58H39NO/c1-2-10-40(11-3-1)41-20-22-42(23-21-41)44-28-34-49(35-29-44)59(51-38-32-48(33-39-51)54-17-9-18-56-55-15-6-7-19-57(55)60-58(54)56)50-36-30-45(31-37-50)43-24-26-47(27-25-43)53-16-8-13-46-12-4-5-14-52(46)53/h1-39H. The van der Waals surface area contributed by atoms with E-state index in [1.165, 1.54) is 55.3 Å². The molecule has 0 radical (unpaired) electrons. The van der Waals surface area contributed by atoms with Crippen LogP contribution in [-0.4, -0.2) is 0 Å². The maximum absolute atomic E-state index is 6.41. The van der Waals surface area contributed by atoms with E-state index >= 15 is 0 Å². The van der Waals surface area contributed by atoms with Crippen LogP contribution in [0.1, 0.15) is 0 Å². The van der Waals surface area contributed by atoms with E-state index in [0.29, 0.717) is 0 Å². The van der Waals surface area contributed by atoms with Gasteiger partial charge < -0.3 is 9.32 Å². The highest BCUT2D eigenvalue weighted by Crippen LogP contribution is 2.40. The second-order valence-electron chi connectivity index (χ2n) is 15.3. The first-order chi connectivity index (χ1) is 29.7. The summed E-state index contributed by atoms with van der Waals surface area (Å²) in [6.07, 6.45) is 0. The fraction of sp³-hybridized carbons (Fsp3) is 0. The molecule has 60 heavy (non-hydrogen) atoms. The second kappa shape index (κ2) is 15.1. The van der Waals surface area contributed by atoms with Crippen LogP contribution < -0.4 is 4.90 Å². The van der Waals surface area contributed by atoms with Crippen molar-refractivity contribution in [1.29, 1.82) is 0 Å². The zero-order valence-corrected chi connectivity index (χ0v) is 32.9. The number of nitrogens with zero attached hydrogens (tertiary/aromatic N) is 1. The van der Waals surface area contributed by atoms with E-state index in [0.717, 1.165) is 50.1 Å². The van der Waals surface area contributed by atoms with Crippen molar-refractivity contribution in [3.8, 4) is 55.6 Å². The topological polar surface area (TPSA) is 16.4 Å². The van der Waals surface area contributed by atoms with E-state index in [-0.39, 0.29) is 0 Å². The lowest BCUT2D eigenvalue weighted by molar-refractivity contribution is 0.670. The van der Waals surface area contributed by atoms with Gasteiger partial charge in [-0.15, -0.1) is 0 Å². The molecule has 0 atom stereocenters. The van der Waals surface area contributed by atoms with Crippen molar-refractivity contribution in [3.63, 3.8) is 0 Å². The van der Waals surface area contributed by atoms with Crippen LogP contribution in [0.3, 0.4) is 0 Å². The fourth-order valence-electron chi connectivity index (χ4n) is 8.62. The SMILES string of the molecule is c1ccc(-c2ccc(-c3ccc(N(c4ccc(-c5ccc(-c6cccc7ccccc67)cc5)cc4)c4ccc(-c5cccc6c5oc5ccccc56)cc4)cc3)cc2)cc1. The molecule has 0 saturated carbocycles. The third kappa shape index (κ3) is 6.51. The summed E-state index contributed by atoms with van der Waals surface area (Å²) in [6, 6.07) is 84.8. The van der Waals surface area contributed by atoms with E-state index in [1.807, 2.05) is 12.1 Å². The van der Waals surface area contributed by atoms with Crippen molar-refractivity contribution < 1.29 is 4.42 Å². The highest BCUT2D eigenvalue weighted by atomic mass is 16.3. The molecule has 11 aromatic rings. The van der Waals surface area contributed by atoms with Crippen molar-refractivity contribution >= 4 is 49.8 Å². The Morgan fingerprint density at radius 2 is 0.633 bits per heavy atom. The average Bonchev–Trinajstić information content (AvgIpc) is 3.72. The molecule has 11 rings (SSSR count). The Labute approximate surface area is 349 Å². The molecule has 2 nitrogen and oxygen atoms in total. The molecule has 0 spiro atoms. The van der Waals surface area contributed by atoms with Crippen LogP contribution in [-0.2, 0) is 0 Å². The molecule has 0 aliphatic rings. The summed E-state index contributed by atoms with van der Waals surface area (Å²) in [5, 5.41) is 4.79. The number of para-hydroxylation sites is 2. The normalized spacial score (nSPS) is 11.3. The Balaban J connectivity index is 0.930. The molecule has 10 aromatic carbocycles. The van der Waals surface area contributed by atoms with Crippen molar-refractivity contribution in [2.75, 3.05) is 4.90 Å². The molecule has 282 valence electrons. The molecule has 1 heterocycles. The Morgan fingerprint density at radius 3 is 1.23 bits per heavy atom. The Hall–Kier alpha value is -7.94. The number of hydrogen-bond acceptors (Lipinski definition) is 2. The van der Waals surface area contributed by atoms with Gasteiger partial charge >= 0.3 is 0 Å². The third-order valence-electron chi connectivity index (χ3n) is 11.7. The number of anilines is 3. The van der Waals surface area contributed by atoms with E-state index in [4.69, 9.17) is 4.42 Å².